The molecular weight excluding hydrogens is 508 g/mol. The Bertz CT molecular complexity index is 910. The third-order valence-corrected chi connectivity index (χ3v) is 7.63. The molecule has 2 bridgehead atoms. The highest BCUT2D eigenvalue weighted by Crippen LogP contribution is 2.27. The number of rotatable bonds is 3. The van der Waals surface area contributed by atoms with Crippen LogP contribution in [0.1, 0.15) is 58.8 Å². The minimum Gasteiger partial charge on any atom is -0.456 e. The van der Waals surface area contributed by atoms with Crippen LogP contribution < -0.4 is 0 Å². The van der Waals surface area contributed by atoms with Crippen molar-refractivity contribution in [3.05, 3.63) is 60.3 Å². The van der Waals surface area contributed by atoms with Gasteiger partial charge in [0.05, 0.1) is 42.5 Å². The molecule has 0 aromatic rings. The molecule has 0 amide bonds. The normalized spacial score (nSPS) is 37.3. The van der Waals surface area contributed by atoms with Gasteiger partial charge in [-0.15, -0.1) is 11.6 Å². The van der Waals surface area contributed by atoms with E-state index in [4.69, 9.17) is 25.8 Å². The number of ether oxygens (including phenoxy) is 3. The molecule has 9 unspecified atom stereocenters. The molecular formula is C30H43ClO7. The first kappa shape index (κ1) is 30.8. The number of halogens is 1. The number of aliphatic hydroxyl groups excluding tert-OH is 3. The zero-order valence-corrected chi connectivity index (χ0v) is 23.2. The fraction of sp³-hybridized carbons (Fsp3) is 0.633. The maximum absolute atomic E-state index is 12.7. The first-order valence-electron chi connectivity index (χ1n) is 13.6. The van der Waals surface area contributed by atoms with E-state index in [1.54, 1.807) is 12.2 Å². The van der Waals surface area contributed by atoms with Gasteiger partial charge in [0.1, 0.15) is 12.2 Å². The van der Waals surface area contributed by atoms with E-state index in [1.807, 2.05) is 19.1 Å². The third-order valence-electron chi connectivity index (χ3n) is 7.20. The number of hydrogen-bond donors (Lipinski definition) is 3. The van der Waals surface area contributed by atoms with Gasteiger partial charge in [-0.1, -0.05) is 61.1 Å². The van der Waals surface area contributed by atoms with Gasteiger partial charge in [0.15, 0.2) is 0 Å². The van der Waals surface area contributed by atoms with Gasteiger partial charge in [0, 0.05) is 12.5 Å². The van der Waals surface area contributed by atoms with Gasteiger partial charge >= 0.3 is 5.97 Å². The summed E-state index contributed by atoms with van der Waals surface area (Å²) in [6, 6.07) is 0. The SMILES string of the molecule is C=C1CC(C)CC2CC=CC(CC=CC(=O)OC(C(O)C=CC3CC(C)=CCO3)CC(Cl)C(O)C(O)C1)O2. The first-order valence-corrected chi connectivity index (χ1v) is 14.0. The van der Waals surface area contributed by atoms with Gasteiger partial charge < -0.3 is 29.5 Å². The van der Waals surface area contributed by atoms with Gasteiger partial charge in [0.25, 0.3) is 0 Å². The average Bonchev–Trinajstić information content (AvgIpc) is 2.85. The smallest absolute Gasteiger partial charge is 0.330 e. The summed E-state index contributed by atoms with van der Waals surface area (Å²) in [4.78, 5) is 12.7. The fourth-order valence-corrected chi connectivity index (χ4v) is 5.49. The van der Waals surface area contributed by atoms with E-state index >= 15 is 0 Å². The first-order chi connectivity index (χ1) is 18.1. The molecule has 8 heteroatoms. The lowest BCUT2D eigenvalue weighted by molar-refractivity contribution is -0.148. The predicted octanol–water partition coefficient (Wildman–Crippen LogP) is 4.31. The zero-order valence-electron chi connectivity index (χ0n) is 22.5. The van der Waals surface area contributed by atoms with E-state index in [9.17, 15) is 20.1 Å². The molecule has 3 rings (SSSR count). The van der Waals surface area contributed by atoms with E-state index in [2.05, 4.69) is 19.6 Å². The summed E-state index contributed by atoms with van der Waals surface area (Å²) in [5, 5.41) is 31.3. The molecule has 3 N–H and O–H groups in total. The molecule has 0 aromatic carbocycles. The molecule has 0 radical (unpaired) electrons. The second-order valence-electron chi connectivity index (χ2n) is 10.9. The van der Waals surface area contributed by atoms with Crippen LogP contribution in [0.4, 0.5) is 0 Å². The minimum absolute atomic E-state index is 0.0612. The van der Waals surface area contributed by atoms with E-state index in [0.717, 1.165) is 18.4 Å². The van der Waals surface area contributed by atoms with Gasteiger partial charge in [-0.25, -0.2) is 4.79 Å². The Morgan fingerprint density at radius 1 is 1.16 bits per heavy atom. The molecule has 0 aliphatic carbocycles. The second-order valence-corrected chi connectivity index (χ2v) is 11.4. The Morgan fingerprint density at radius 2 is 1.95 bits per heavy atom. The van der Waals surface area contributed by atoms with Crippen molar-refractivity contribution >= 4 is 17.6 Å². The predicted molar refractivity (Wildman–Crippen MR) is 148 cm³/mol. The summed E-state index contributed by atoms with van der Waals surface area (Å²) < 4.78 is 17.4. The lowest BCUT2D eigenvalue weighted by atomic mass is 9.90. The molecule has 0 aromatic heterocycles. The van der Waals surface area contributed by atoms with Gasteiger partial charge in [0.2, 0.25) is 0 Å². The standard InChI is InChI=1S/C30H43ClO7/c1-19-12-13-36-23(15-19)10-11-26(32)28-18-25(31)30(35)27(33)17-21(3)14-20(2)16-24-8-4-6-22(37-24)7-5-9-29(34)38-28/h4-6,9-12,20,22-28,30,32-33,35H,3,7-8,13-18H2,1-2H3. The van der Waals surface area contributed by atoms with Crippen molar-refractivity contribution < 1.29 is 34.3 Å². The van der Waals surface area contributed by atoms with Gasteiger partial charge in [-0.3, -0.25) is 0 Å². The average molecular weight is 551 g/mol. The summed E-state index contributed by atoms with van der Waals surface area (Å²) in [6.45, 7) is 8.74. The van der Waals surface area contributed by atoms with Crippen molar-refractivity contribution in [1.82, 2.24) is 0 Å². The maximum atomic E-state index is 12.7. The van der Waals surface area contributed by atoms with E-state index in [-0.39, 0.29) is 31.2 Å². The van der Waals surface area contributed by atoms with Gasteiger partial charge in [-0.2, -0.15) is 0 Å². The number of carbonyl (C=O) groups is 1. The van der Waals surface area contributed by atoms with E-state index < -0.39 is 35.8 Å². The van der Waals surface area contributed by atoms with Crippen molar-refractivity contribution in [3.8, 4) is 0 Å². The molecule has 38 heavy (non-hydrogen) atoms. The van der Waals surface area contributed by atoms with Gasteiger partial charge in [-0.05, 0) is 51.4 Å². The minimum atomic E-state index is -1.29. The lowest BCUT2D eigenvalue weighted by Crippen LogP contribution is -2.40. The largest absolute Gasteiger partial charge is 0.456 e. The van der Waals surface area contributed by atoms with Crippen LogP contribution in [0.2, 0.25) is 0 Å². The van der Waals surface area contributed by atoms with Crippen molar-refractivity contribution in [2.75, 3.05) is 6.61 Å². The molecule has 3 heterocycles. The fourth-order valence-electron chi connectivity index (χ4n) is 5.15. The van der Waals surface area contributed by atoms with Crippen LogP contribution in [0.25, 0.3) is 0 Å². The zero-order chi connectivity index (χ0) is 27.7. The van der Waals surface area contributed by atoms with Crippen molar-refractivity contribution in [3.63, 3.8) is 0 Å². The van der Waals surface area contributed by atoms with Crippen molar-refractivity contribution in [2.24, 2.45) is 5.92 Å². The molecule has 3 aliphatic heterocycles. The molecule has 3 aliphatic rings. The number of alkyl halides is 1. The monoisotopic (exact) mass is 550 g/mol. The van der Waals surface area contributed by atoms with Crippen LogP contribution in [-0.2, 0) is 19.0 Å². The Morgan fingerprint density at radius 3 is 2.71 bits per heavy atom. The molecule has 0 fully saturated rings. The molecule has 0 saturated heterocycles. The highest BCUT2D eigenvalue weighted by Gasteiger charge is 2.32. The number of cyclic esters (lactones) is 1. The summed E-state index contributed by atoms with van der Waals surface area (Å²) in [6.07, 6.45) is 11.3. The molecule has 9 atom stereocenters. The number of carbonyl (C=O) groups excluding carboxylic acids is 1. The Balaban J connectivity index is 1.75. The quantitative estimate of drug-likeness (QED) is 0.273. The van der Waals surface area contributed by atoms with Crippen LogP contribution >= 0.6 is 11.6 Å². The molecule has 7 nitrogen and oxygen atoms in total. The van der Waals surface area contributed by atoms with Crippen molar-refractivity contribution in [1.29, 1.82) is 0 Å². The highest BCUT2D eigenvalue weighted by molar-refractivity contribution is 6.21. The lowest BCUT2D eigenvalue weighted by Gasteiger charge is -2.29. The number of hydrogen-bond acceptors (Lipinski definition) is 7. The van der Waals surface area contributed by atoms with Crippen LogP contribution in [0, 0.1) is 5.92 Å². The molecule has 212 valence electrons. The van der Waals surface area contributed by atoms with Crippen LogP contribution in [0.3, 0.4) is 0 Å². The van der Waals surface area contributed by atoms with Crippen LogP contribution in [0.15, 0.2) is 60.3 Å². The third kappa shape index (κ3) is 10.1. The Hall–Kier alpha value is -1.74. The maximum Gasteiger partial charge on any atom is 0.330 e. The summed E-state index contributed by atoms with van der Waals surface area (Å²) >= 11 is 6.49. The van der Waals surface area contributed by atoms with Crippen LogP contribution in [0.5, 0.6) is 0 Å². The van der Waals surface area contributed by atoms with E-state index in [1.165, 1.54) is 17.7 Å². The second kappa shape index (κ2) is 15.2. The summed E-state index contributed by atoms with van der Waals surface area (Å²) in [7, 11) is 0. The number of esters is 1. The van der Waals surface area contributed by atoms with Crippen molar-refractivity contribution in [2.45, 2.75) is 107 Å². The molecule has 0 spiro atoms. The topological polar surface area (TPSA) is 105 Å². The number of fused-ring (bicyclic) bond motifs is 2. The van der Waals surface area contributed by atoms with E-state index in [0.29, 0.717) is 31.8 Å². The Labute approximate surface area is 231 Å². The molecule has 0 saturated carbocycles. The Kier molecular flexibility index (Phi) is 12.3. The van der Waals surface area contributed by atoms with Crippen LogP contribution in [-0.4, -0.2) is 76.0 Å². The summed E-state index contributed by atoms with van der Waals surface area (Å²) in [5.74, 6) is -0.340. The number of aliphatic hydroxyl groups is 3. The highest BCUT2D eigenvalue weighted by atomic mass is 35.5. The summed E-state index contributed by atoms with van der Waals surface area (Å²) in [5.41, 5.74) is 2.02.